The Hall–Kier alpha value is -2.45. The van der Waals surface area contributed by atoms with E-state index >= 15 is 0 Å². The van der Waals surface area contributed by atoms with Crippen molar-refractivity contribution >= 4 is 39.2 Å². The third kappa shape index (κ3) is 5.04. The Labute approximate surface area is 146 Å². The Morgan fingerprint density at radius 2 is 1.92 bits per heavy atom. The molecule has 126 valence electrons. The van der Waals surface area contributed by atoms with E-state index < -0.39 is 11.8 Å². The lowest BCUT2D eigenvalue weighted by molar-refractivity contribution is 0.0955. The van der Waals surface area contributed by atoms with Crippen molar-refractivity contribution in [3.8, 4) is 0 Å². The zero-order valence-corrected chi connectivity index (χ0v) is 14.2. The van der Waals surface area contributed by atoms with Crippen LogP contribution in [0.2, 0.25) is 0 Å². The first-order chi connectivity index (χ1) is 11.5. The van der Waals surface area contributed by atoms with Crippen molar-refractivity contribution in [1.29, 1.82) is 0 Å². The van der Waals surface area contributed by atoms with E-state index in [0.717, 1.165) is 0 Å². The fraction of sp³-hybridized carbons (Fsp3) is 0.125. The third-order valence-corrected chi connectivity index (χ3v) is 3.48. The summed E-state index contributed by atoms with van der Waals surface area (Å²) in [5.41, 5.74) is 6.27. The van der Waals surface area contributed by atoms with Gasteiger partial charge in [0.1, 0.15) is 5.82 Å². The number of rotatable bonds is 5. The second kappa shape index (κ2) is 8.42. The molecule has 5 N–H and O–H groups in total. The summed E-state index contributed by atoms with van der Waals surface area (Å²) in [4.78, 5) is 24.2. The van der Waals surface area contributed by atoms with Gasteiger partial charge >= 0.3 is 6.03 Å². The number of amides is 3. The lowest BCUT2D eigenvalue weighted by Gasteiger charge is -2.12. The topological polar surface area (TPSA) is 96.2 Å². The standard InChI is InChI=1S/C16H16BrFN4O2/c17-10-4-5-13(15(23)20-7-6-19)14(8-10)22-16(24)21-12-3-1-2-11(18)9-12/h1-5,8-9H,6-7,19H2,(H,20,23)(H2,21,22,24). The molecule has 0 heterocycles. The fourth-order valence-electron chi connectivity index (χ4n) is 1.95. The van der Waals surface area contributed by atoms with Crippen molar-refractivity contribution in [1.82, 2.24) is 5.32 Å². The SMILES string of the molecule is NCCNC(=O)c1ccc(Br)cc1NC(=O)Nc1cccc(F)c1. The molecule has 0 aliphatic rings. The molecule has 0 aliphatic carbocycles. The van der Waals surface area contributed by atoms with E-state index in [1.807, 2.05) is 0 Å². The van der Waals surface area contributed by atoms with Gasteiger partial charge in [-0.1, -0.05) is 22.0 Å². The van der Waals surface area contributed by atoms with E-state index in [0.29, 0.717) is 34.5 Å². The summed E-state index contributed by atoms with van der Waals surface area (Å²) in [6, 6.07) is 9.77. The van der Waals surface area contributed by atoms with Gasteiger partial charge in [-0.25, -0.2) is 9.18 Å². The van der Waals surface area contributed by atoms with Gasteiger partial charge in [-0.3, -0.25) is 4.79 Å². The molecule has 0 unspecified atom stereocenters. The summed E-state index contributed by atoms with van der Waals surface area (Å²) < 4.78 is 13.8. The second-order valence-corrected chi connectivity index (χ2v) is 5.74. The molecule has 0 saturated heterocycles. The maximum Gasteiger partial charge on any atom is 0.323 e. The monoisotopic (exact) mass is 394 g/mol. The van der Waals surface area contributed by atoms with Crippen molar-refractivity contribution in [2.24, 2.45) is 5.73 Å². The summed E-state index contributed by atoms with van der Waals surface area (Å²) in [5.74, 6) is -0.814. The molecule has 0 aliphatic heterocycles. The van der Waals surface area contributed by atoms with Crippen molar-refractivity contribution in [3.63, 3.8) is 0 Å². The van der Waals surface area contributed by atoms with Gasteiger partial charge in [0.15, 0.2) is 0 Å². The number of nitrogens with two attached hydrogens (primary N) is 1. The molecular formula is C16H16BrFN4O2. The fourth-order valence-corrected chi connectivity index (χ4v) is 2.31. The zero-order valence-electron chi connectivity index (χ0n) is 12.6. The van der Waals surface area contributed by atoms with Crippen LogP contribution in [-0.2, 0) is 0 Å². The van der Waals surface area contributed by atoms with Gasteiger partial charge in [-0.2, -0.15) is 0 Å². The van der Waals surface area contributed by atoms with Crippen LogP contribution in [0.3, 0.4) is 0 Å². The third-order valence-electron chi connectivity index (χ3n) is 2.99. The predicted molar refractivity (Wildman–Crippen MR) is 94.6 cm³/mol. The van der Waals surface area contributed by atoms with E-state index in [1.165, 1.54) is 18.2 Å². The van der Waals surface area contributed by atoms with Gasteiger partial charge in [0, 0.05) is 23.2 Å². The highest BCUT2D eigenvalue weighted by molar-refractivity contribution is 9.10. The number of carbonyl (C=O) groups is 2. The smallest absolute Gasteiger partial charge is 0.323 e. The predicted octanol–water partition coefficient (Wildman–Crippen LogP) is 2.92. The molecule has 8 heteroatoms. The lowest BCUT2D eigenvalue weighted by Crippen LogP contribution is -2.30. The number of hydrogen-bond acceptors (Lipinski definition) is 3. The minimum absolute atomic E-state index is 0.293. The normalized spacial score (nSPS) is 10.1. The van der Waals surface area contributed by atoms with Crippen LogP contribution < -0.4 is 21.7 Å². The highest BCUT2D eigenvalue weighted by Crippen LogP contribution is 2.22. The average molecular weight is 395 g/mol. The first-order valence-electron chi connectivity index (χ1n) is 7.11. The molecule has 0 radical (unpaired) electrons. The van der Waals surface area contributed by atoms with Crippen molar-refractivity contribution < 1.29 is 14.0 Å². The van der Waals surface area contributed by atoms with Crippen molar-refractivity contribution in [2.75, 3.05) is 23.7 Å². The van der Waals surface area contributed by atoms with Gasteiger partial charge in [0.05, 0.1) is 11.3 Å². The number of urea groups is 1. The Kier molecular flexibility index (Phi) is 6.28. The summed E-state index contributed by atoms with van der Waals surface area (Å²) in [6.07, 6.45) is 0. The molecular weight excluding hydrogens is 379 g/mol. The van der Waals surface area contributed by atoms with E-state index in [9.17, 15) is 14.0 Å². The molecule has 0 spiro atoms. The minimum atomic E-state index is -0.591. The van der Waals surface area contributed by atoms with E-state index in [-0.39, 0.29) is 5.91 Å². The maximum atomic E-state index is 13.1. The lowest BCUT2D eigenvalue weighted by atomic mass is 10.1. The zero-order chi connectivity index (χ0) is 17.5. The molecule has 3 amide bonds. The summed E-state index contributed by atoms with van der Waals surface area (Å²) in [5, 5.41) is 7.72. The molecule has 0 saturated carbocycles. The van der Waals surface area contributed by atoms with E-state index in [2.05, 4.69) is 31.9 Å². The first kappa shape index (κ1) is 17.9. The molecule has 24 heavy (non-hydrogen) atoms. The van der Waals surface area contributed by atoms with Crippen LogP contribution in [0.4, 0.5) is 20.6 Å². The van der Waals surface area contributed by atoms with Crippen molar-refractivity contribution in [3.05, 3.63) is 58.3 Å². The molecule has 0 bridgehead atoms. The number of carbonyl (C=O) groups excluding carboxylic acids is 2. The van der Waals surface area contributed by atoms with Gasteiger partial charge < -0.3 is 21.7 Å². The van der Waals surface area contributed by atoms with Gasteiger partial charge in [0.2, 0.25) is 0 Å². The van der Waals surface area contributed by atoms with Crippen LogP contribution in [0.25, 0.3) is 0 Å². The molecule has 2 aromatic carbocycles. The Morgan fingerprint density at radius 1 is 1.12 bits per heavy atom. The molecule has 0 fully saturated rings. The second-order valence-electron chi connectivity index (χ2n) is 4.82. The summed E-state index contributed by atoms with van der Waals surface area (Å²) >= 11 is 3.29. The number of anilines is 2. The summed E-state index contributed by atoms with van der Waals surface area (Å²) in [7, 11) is 0. The Balaban J connectivity index is 2.14. The number of halogens is 2. The van der Waals surface area contributed by atoms with Gasteiger partial charge in [-0.05, 0) is 36.4 Å². The van der Waals surface area contributed by atoms with Crippen LogP contribution in [0, 0.1) is 5.82 Å². The quantitative estimate of drug-likeness (QED) is 0.627. The largest absolute Gasteiger partial charge is 0.351 e. The Bertz CT molecular complexity index is 755. The van der Waals surface area contributed by atoms with Crippen LogP contribution in [-0.4, -0.2) is 25.0 Å². The van der Waals surface area contributed by atoms with Crippen molar-refractivity contribution in [2.45, 2.75) is 0 Å². The van der Waals surface area contributed by atoms with Crippen LogP contribution >= 0.6 is 15.9 Å². The van der Waals surface area contributed by atoms with Crippen LogP contribution in [0.15, 0.2) is 46.9 Å². The van der Waals surface area contributed by atoms with E-state index in [1.54, 1.807) is 24.3 Å². The van der Waals surface area contributed by atoms with Crippen LogP contribution in [0.5, 0.6) is 0 Å². The van der Waals surface area contributed by atoms with Gasteiger partial charge in [0.25, 0.3) is 5.91 Å². The number of hydrogen-bond donors (Lipinski definition) is 4. The first-order valence-corrected chi connectivity index (χ1v) is 7.90. The average Bonchev–Trinajstić information content (AvgIpc) is 2.52. The summed E-state index contributed by atoms with van der Waals surface area (Å²) in [6.45, 7) is 0.634. The molecule has 2 rings (SSSR count). The van der Waals surface area contributed by atoms with Crippen LogP contribution in [0.1, 0.15) is 10.4 Å². The molecule has 2 aromatic rings. The molecule has 0 aromatic heterocycles. The molecule has 6 nitrogen and oxygen atoms in total. The number of nitrogens with one attached hydrogen (secondary N) is 3. The maximum absolute atomic E-state index is 13.1. The number of benzene rings is 2. The highest BCUT2D eigenvalue weighted by Gasteiger charge is 2.14. The molecule has 0 atom stereocenters. The highest BCUT2D eigenvalue weighted by atomic mass is 79.9. The Morgan fingerprint density at radius 3 is 2.62 bits per heavy atom. The minimum Gasteiger partial charge on any atom is -0.351 e. The van der Waals surface area contributed by atoms with Gasteiger partial charge in [-0.15, -0.1) is 0 Å². The van der Waals surface area contributed by atoms with E-state index in [4.69, 9.17) is 5.73 Å².